The van der Waals surface area contributed by atoms with Crippen LogP contribution in [-0.4, -0.2) is 30.0 Å². The standard InChI is InChI=1S/C10H14N2O3S/c1-4-15-8(13)5-11-10(14)9-6(2)12-7(3)16-9/h4-5H2,1-3H3,(H,11,14). The first-order chi connectivity index (χ1) is 7.54. The van der Waals surface area contributed by atoms with Crippen LogP contribution in [-0.2, 0) is 9.53 Å². The van der Waals surface area contributed by atoms with Crippen molar-refractivity contribution in [3.8, 4) is 0 Å². The predicted octanol–water partition coefficient (Wildman–Crippen LogP) is 1.05. The summed E-state index contributed by atoms with van der Waals surface area (Å²) in [5.41, 5.74) is 0.684. The van der Waals surface area contributed by atoms with Crippen LogP contribution in [0.1, 0.15) is 27.3 Å². The Hall–Kier alpha value is -1.43. The fraction of sp³-hybridized carbons (Fsp3) is 0.500. The number of hydrogen-bond acceptors (Lipinski definition) is 5. The van der Waals surface area contributed by atoms with Crippen molar-refractivity contribution >= 4 is 23.2 Å². The molecular formula is C10H14N2O3S. The molecule has 0 aromatic carbocycles. The molecular weight excluding hydrogens is 228 g/mol. The Balaban J connectivity index is 2.53. The summed E-state index contributed by atoms with van der Waals surface area (Å²) in [6, 6.07) is 0. The Kier molecular flexibility index (Phi) is 4.42. The Morgan fingerprint density at radius 1 is 1.44 bits per heavy atom. The van der Waals surface area contributed by atoms with E-state index in [0.29, 0.717) is 17.2 Å². The average Bonchev–Trinajstić information content (AvgIpc) is 2.55. The second kappa shape index (κ2) is 5.60. The first-order valence-corrected chi connectivity index (χ1v) is 5.74. The number of thiazole rings is 1. The highest BCUT2D eigenvalue weighted by Gasteiger charge is 2.14. The second-order valence-electron chi connectivity index (χ2n) is 3.14. The molecule has 0 fully saturated rings. The number of carbonyl (C=O) groups excluding carboxylic acids is 2. The number of carbonyl (C=O) groups is 2. The Morgan fingerprint density at radius 2 is 2.12 bits per heavy atom. The molecule has 6 heteroatoms. The molecule has 0 unspecified atom stereocenters. The first-order valence-electron chi connectivity index (χ1n) is 4.92. The van der Waals surface area contributed by atoms with Crippen molar-refractivity contribution in [3.05, 3.63) is 15.6 Å². The highest BCUT2D eigenvalue weighted by molar-refractivity contribution is 7.13. The summed E-state index contributed by atoms with van der Waals surface area (Å²) in [4.78, 5) is 27.3. The number of nitrogens with zero attached hydrogens (tertiary/aromatic N) is 1. The highest BCUT2D eigenvalue weighted by atomic mass is 32.1. The number of aromatic nitrogens is 1. The van der Waals surface area contributed by atoms with Crippen molar-refractivity contribution in [1.29, 1.82) is 0 Å². The molecule has 0 aliphatic rings. The van der Waals surface area contributed by atoms with E-state index in [2.05, 4.69) is 10.3 Å². The molecule has 1 amide bonds. The Morgan fingerprint density at radius 3 is 2.62 bits per heavy atom. The SMILES string of the molecule is CCOC(=O)CNC(=O)c1sc(C)nc1C. The minimum atomic E-state index is -0.435. The van der Waals surface area contributed by atoms with Gasteiger partial charge in [0.2, 0.25) is 0 Å². The molecule has 0 saturated carbocycles. The van der Waals surface area contributed by atoms with E-state index in [0.717, 1.165) is 5.01 Å². The van der Waals surface area contributed by atoms with Crippen molar-refractivity contribution in [2.75, 3.05) is 13.2 Å². The van der Waals surface area contributed by atoms with Crippen molar-refractivity contribution in [2.45, 2.75) is 20.8 Å². The van der Waals surface area contributed by atoms with E-state index >= 15 is 0 Å². The fourth-order valence-electron chi connectivity index (χ4n) is 1.19. The smallest absolute Gasteiger partial charge is 0.325 e. The van der Waals surface area contributed by atoms with Crippen LogP contribution in [0.25, 0.3) is 0 Å². The van der Waals surface area contributed by atoms with Crippen molar-refractivity contribution < 1.29 is 14.3 Å². The summed E-state index contributed by atoms with van der Waals surface area (Å²) >= 11 is 1.31. The summed E-state index contributed by atoms with van der Waals surface area (Å²) in [6.07, 6.45) is 0. The monoisotopic (exact) mass is 242 g/mol. The maximum Gasteiger partial charge on any atom is 0.325 e. The second-order valence-corrected chi connectivity index (χ2v) is 4.34. The highest BCUT2D eigenvalue weighted by Crippen LogP contribution is 2.16. The lowest BCUT2D eigenvalue weighted by Gasteiger charge is -2.03. The normalized spacial score (nSPS) is 9.94. The Bertz CT molecular complexity index is 401. The summed E-state index contributed by atoms with van der Waals surface area (Å²) < 4.78 is 4.70. The molecule has 1 aromatic rings. The van der Waals surface area contributed by atoms with Crippen LogP contribution in [0.4, 0.5) is 0 Å². The molecule has 0 aliphatic heterocycles. The van der Waals surface area contributed by atoms with Gasteiger partial charge < -0.3 is 10.1 Å². The van der Waals surface area contributed by atoms with E-state index in [9.17, 15) is 9.59 Å². The lowest BCUT2D eigenvalue weighted by atomic mass is 10.4. The van der Waals surface area contributed by atoms with E-state index in [-0.39, 0.29) is 12.5 Å². The predicted molar refractivity (Wildman–Crippen MR) is 60.6 cm³/mol. The number of aryl methyl sites for hydroxylation is 2. The summed E-state index contributed by atoms with van der Waals surface area (Å²) in [6.45, 7) is 5.52. The maximum atomic E-state index is 11.6. The minimum absolute atomic E-state index is 0.108. The van der Waals surface area contributed by atoms with Gasteiger partial charge in [0.05, 0.1) is 17.3 Å². The number of ether oxygens (including phenoxy) is 1. The van der Waals surface area contributed by atoms with Crippen molar-refractivity contribution in [2.24, 2.45) is 0 Å². The molecule has 1 aromatic heterocycles. The molecule has 0 atom stereocenters. The van der Waals surface area contributed by atoms with Gasteiger partial charge in [-0.05, 0) is 20.8 Å². The Labute approximate surface area is 97.8 Å². The largest absolute Gasteiger partial charge is 0.465 e. The van der Waals surface area contributed by atoms with Crippen LogP contribution in [0.5, 0.6) is 0 Å². The molecule has 0 spiro atoms. The quantitative estimate of drug-likeness (QED) is 0.801. The minimum Gasteiger partial charge on any atom is -0.465 e. The molecule has 88 valence electrons. The van der Waals surface area contributed by atoms with Gasteiger partial charge >= 0.3 is 5.97 Å². The number of nitrogens with one attached hydrogen (secondary N) is 1. The van der Waals surface area contributed by atoms with Gasteiger partial charge in [0.1, 0.15) is 11.4 Å². The summed E-state index contributed by atoms with van der Waals surface area (Å²) in [7, 11) is 0. The number of amides is 1. The van der Waals surface area contributed by atoms with E-state index < -0.39 is 5.97 Å². The third-order valence-corrected chi connectivity index (χ3v) is 2.88. The maximum absolute atomic E-state index is 11.6. The van der Waals surface area contributed by atoms with Gasteiger partial charge in [0.25, 0.3) is 5.91 Å². The topological polar surface area (TPSA) is 68.3 Å². The molecule has 0 aliphatic carbocycles. The van der Waals surface area contributed by atoms with Crippen LogP contribution in [0, 0.1) is 13.8 Å². The summed E-state index contributed by atoms with van der Waals surface area (Å²) in [5, 5.41) is 3.33. The molecule has 0 radical (unpaired) electrons. The number of hydrogen-bond donors (Lipinski definition) is 1. The molecule has 0 saturated heterocycles. The number of esters is 1. The first kappa shape index (κ1) is 12.6. The van der Waals surface area contributed by atoms with Crippen LogP contribution in [0.2, 0.25) is 0 Å². The van der Waals surface area contributed by atoms with E-state index in [1.54, 1.807) is 13.8 Å². The zero-order chi connectivity index (χ0) is 12.1. The lowest BCUT2D eigenvalue weighted by Crippen LogP contribution is -2.30. The molecule has 0 bridgehead atoms. The third-order valence-electron chi connectivity index (χ3n) is 1.81. The van der Waals surface area contributed by atoms with Gasteiger partial charge in [-0.15, -0.1) is 11.3 Å². The van der Waals surface area contributed by atoms with E-state index in [1.807, 2.05) is 6.92 Å². The van der Waals surface area contributed by atoms with Crippen LogP contribution < -0.4 is 5.32 Å². The van der Waals surface area contributed by atoms with Gasteiger partial charge in [-0.25, -0.2) is 4.98 Å². The molecule has 16 heavy (non-hydrogen) atoms. The van der Waals surface area contributed by atoms with Gasteiger partial charge in [-0.1, -0.05) is 0 Å². The van der Waals surface area contributed by atoms with Crippen molar-refractivity contribution in [3.63, 3.8) is 0 Å². The van der Waals surface area contributed by atoms with Crippen molar-refractivity contribution in [1.82, 2.24) is 10.3 Å². The molecule has 1 N–H and O–H groups in total. The molecule has 5 nitrogen and oxygen atoms in total. The van der Waals surface area contributed by atoms with Crippen LogP contribution in [0.15, 0.2) is 0 Å². The van der Waals surface area contributed by atoms with Crippen LogP contribution >= 0.6 is 11.3 Å². The third kappa shape index (κ3) is 3.30. The van der Waals surface area contributed by atoms with E-state index in [4.69, 9.17) is 4.74 Å². The fourth-order valence-corrected chi connectivity index (χ4v) is 2.02. The molecule has 1 rings (SSSR count). The van der Waals surface area contributed by atoms with Gasteiger partial charge in [0.15, 0.2) is 0 Å². The summed E-state index contributed by atoms with van der Waals surface area (Å²) in [5.74, 6) is -0.717. The van der Waals surface area contributed by atoms with Gasteiger partial charge in [-0.3, -0.25) is 9.59 Å². The number of rotatable bonds is 4. The molecule has 1 heterocycles. The average molecular weight is 242 g/mol. The van der Waals surface area contributed by atoms with Gasteiger partial charge in [0, 0.05) is 0 Å². The zero-order valence-corrected chi connectivity index (χ0v) is 10.3. The van der Waals surface area contributed by atoms with Gasteiger partial charge in [-0.2, -0.15) is 0 Å². The lowest BCUT2D eigenvalue weighted by molar-refractivity contribution is -0.141. The van der Waals surface area contributed by atoms with E-state index in [1.165, 1.54) is 11.3 Å². The zero-order valence-electron chi connectivity index (χ0n) is 9.49. The van der Waals surface area contributed by atoms with Crippen LogP contribution in [0.3, 0.4) is 0 Å².